The molecule has 3 N–H and O–H groups in total. The van der Waals surface area contributed by atoms with Gasteiger partial charge in [0.05, 0.1) is 18.1 Å². The maximum Gasteiger partial charge on any atom is 0.267 e. The topological polar surface area (TPSA) is 90.4 Å². The molecule has 0 bridgehead atoms. The third-order valence-electron chi connectivity index (χ3n) is 5.14. The van der Waals surface area contributed by atoms with Gasteiger partial charge in [-0.2, -0.15) is 0 Å². The molecule has 7 nitrogen and oxygen atoms in total. The molecule has 0 radical (unpaired) electrons. The molecule has 0 spiro atoms. The first kappa shape index (κ1) is 30.4. The smallest absolute Gasteiger partial charge is 0.267 e. The Labute approximate surface area is 197 Å². The van der Waals surface area contributed by atoms with E-state index >= 15 is 0 Å². The van der Waals surface area contributed by atoms with Crippen molar-refractivity contribution in [3.05, 3.63) is 24.2 Å². The van der Waals surface area contributed by atoms with Gasteiger partial charge in [-0.1, -0.05) is 25.7 Å². The summed E-state index contributed by atoms with van der Waals surface area (Å²) < 4.78 is 0. The highest BCUT2D eigenvalue weighted by Gasteiger charge is 2.24. The Hall–Kier alpha value is -0.830. The first-order valence-electron chi connectivity index (χ1n) is 9.16. The molecule has 1 saturated carbocycles. The number of hydrogen-bond acceptors (Lipinski definition) is 6. The summed E-state index contributed by atoms with van der Waals surface area (Å²) >= 11 is 0. The number of nitrogens with zero attached hydrogens (tertiary/aromatic N) is 3. The number of hydroxylamine groups is 1. The van der Waals surface area contributed by atoms with Crippen LogP contribution in [0.25, 0.3) is 6.08 Å². The molecule has 3 rings (SSSR count). The minimum absolute atomic E-state index is 0. The first-order chi connectivity index (χ1) is 12.2. The number of carbonyl (C=O) groups is 1. The number of nitrogens with one attached hydrogen (secondary N) is 2. The lowest BCUT2D eigenvalue weighted by atomic mass is 10.0. The van der Waals surface area contributed by atoms with Gasteiger partial charge in [-0.25, -0.2) is 10.5 Å². The molecule has 1 aliphatic carbocycles. The molecule has 2 fully saturated rings. The molecule has 2 heterocycles. The van der Waals surface area contributed by atoms with Crippen LogP contribution in [0.15, 0.2) is 18.5 Å². The molecular weight excluding hydrogens is 460 g/mol. The maximum absolute atomic E-state index is 10.9. The quantitative estimate of drug-likeness (QED) is 0.306. The van der Waals surface area contributed by atoms with Crippen molar-refractivity contribution in [1.29, 1.82) is 0 Å². The summed E-state index contributed by atoms with van der Waals surface area (Å²) in [7, 11) is 0. The molecule has 0 aromatic carbocycles. The second kappa shape index (κ2) is 15.9. The number of anilines is 1. The fraction of sp³-hybridized carbons (Fsp3) is 0.611. The van der Waals surface area contributed by atoms with Crippen molar-refractivity contribution >= 4 is 67.4 Å². The molecule has 0 unspecified atom stereocenters. The molecule has 11 heteroatoms. The standard InChI is InChI=1S/C18H27N5O2.4ClH/c24-18(22-25)6-5-15-11-20-17(12-19-15)21-16-8-10-23(13-16)9-7-14-3-1-2-4-14;;;;/h5-6,11-12,14,16,25H,1-4,7-10,13H2,(H,20,21)(H,22,24);4*1H/t16-;;;;/m1..../s1. The van der Waals surface area contributed by atoms with Crippen LogP contribution < -0.4 is 10.8 Å². The van der Waals surface area contributed by atoms with E-state index in [1.54, 1.807) is 12.4 Å². The Balaban J connectivity index is 0. The molecule has 168 valence electrons. The van der Waals surface area contributed by atoms with Crippen LogP contribution in [-0.4, -0.2) is 51.7 Å². The number of hydrogen-bond donors (Lipinski definition) is 3. The van der Waals surface area contributed by atoms with Gasteiger partial charge in [-0.05, 0) is 31.4 Å². The van der Waals surface area contributed by atoms with Gasteiger partial charge < -0.3 is 10.2 Å². The summed E-state index contributed by atoms with van der Waals surface area (Å²) in [4.78, 5) is 22.1. The predicted octanol–water partition coefficient (Wildman–Crippen LogP) is 3.75. The van der Waals surface area contributed by atoms with Gasteiger partial charge in [0.1, 0.15) is 5.82 Å². The van der Waals surface area contributed by atoms with Crippen LogP contribution in [0.4, 0.5) is 5.82 Å². The van der Waals surface area contributed by atoms with Crippen LogP contribution in [0, 0.1) is 5.92 Å². The highest BCUT2D eigenvalue weighted by atomic mass is 35.5. The van der Waals surface area contributed by atoms with E-state index in [0.29, 0.717) is 11.7 Å². The minimum Gasteiger partial charge on any atom is -0.365 e. The number of likely N-dealkylation sites (tertiary alicyclic amines) is 1. The lowest BCUT2D eigenvalue weighted by Crippen LogP contribution is -2.28. The number of halogens is 4. The van der Waals surface area contributed by atoms with Crippen LogP contribution in [0.1, 0.15) is 44.2 Å². The van der Waals surface area contributed by atoms with Crippen molar-refractivity contribution in [3.63, 3.8) is 0 Å². The lowest BCUT2D eigenvalue weighted by Gasteiger charge is -2.19. The molecule has 1 aromatic heterocycles. The number of rotatable bonds is 7. The molecule has 2 aliphatic rings. The molecule has 1 aliphatic heterocycles. The molecule has 1 atom stereocenters. The Morgan fingerprint density at radius 2 is 1.86 bits per heavy atom. The highest BCUT2D eigenvalue weighted by molar-refractivity contribution is 5.90. The summed E-state index contributed by atoms with van der Waals surface area (Å²) in [5, 5.41) is 11.9. The van der Waals surface area contributed by atoms with E-state index in [9.17, 15) is 4.79 Å². The van der Waals surface area contributed by atoms with Crippen LogP contribution in [0.3, 0.4) is 0 Å². The van der Waals surface area contributed by atoms with Gasteiger partial charge in [-0.3, -0.25) is 15.0 Å². The zero-order valence-electron chi connectivity index (χ0n) is 16.2. The number of aromatic nitrogens is 2. The van der Waals surface area contributed by atoms with Gasteiger partial charge in [0, 0.05) is 25.2 Å². The lowest BCUT2D eigenvalue weighted by molar-refractivity contribution is -0.124. The molecular formula is C18H31Cl4N5O2. The summed E-state index contributed by atoms with van der Waals surface area (Å²) in [5.74, 6) is 1.12. The van der Waals surface area contributed by atoms with E-state index in [1.807, 2.05) is 0 Å². The summed E-state index contributed by atoms with van der Waals surface area (Å²) in [6, 6.07) is 0.416. The average Bonchev–Trinajstić information content (AvgIpc) is 3.31. The van der Waals surface area contributed by atoms with Gasteiger partial charge in [0.15, 0.2) is 0 Å². The van der Waals surface area contributed by atoms with Gasteiger partial charge in [0.2, 0.25) is 0 Å². The zero-order valence-corrected chi connectivity index (χ0v) is 19.4. The summed E-state index contributed by atoms with van der Waals surface area (Å²) in [5.41, 5.74) is 2.10. The van der Waals surface area contributed by atoms with E-state index in [2.05, 4.69) is 20.2 Å². The van der Waals surface area contributed by atoms with Crippen molar-refractivity contribution in [1.82, 2.24) is 20.3 Å². The fourth-order valence-electron chi connectivity index (χ4n) is 3.72. The van der Waals surface area contributed by atoms with Crippen LogP contribution in [0.5, 0.6) is 0 Å². The Bertz CT molecular complexity index is 600. The molecule has 1 amide bonds. The third kappa shape index (κ3) is 10.2. The van der Waals surface area contributed by atoms with E-state index in [4.69, 9.17) is 5.21 Å². The van der Waals surface area contributed by atoms with E-state index < -0.39 is 5.91 Å². The number of amides is 1. The van der Waals surface area contributed by atoms with Crippen LogP contribution in [-0.2, 0) is 4.79 Å². The van der Waals surface area contributed by atoms with Crippen molar-refractivity contribution < 1.29 is 10.0 Å². The van der Waals surface area contributed by atoms with Crippen LogP contribution in [0.2, 0.25) is 0 Å². The number of carbonyl (C=O) groups excluding carboxylic acids is 1. The SMILES string of the molecule is Cl.Cl.Cl.Cl.O=C(C=Cc1cnc(N[C@@H]2CCN(CCC3CCCC3)C2)cn1)NO. The second-order valence-electron chi connectivity index (χ2n) is 7.01. The zero-order chi connectivity index (χ0) is 17.5. The monoisotopic (exact) mass is 489 g/mol. The average molecular weight is 491 g/mol. The first-order valence-corrected chi connectivity index (χ1v) is 9.16. The van der Waals surface area contributed by atoms with Crippen molar-refractivity contribution in [2.24, 2.45) is 5.92 Å². The molecule has 29 heavy (non-hydrogen) atoms. The maximum atomic E-state index is 10.9. The predicted molar refractivity (Wildman–Crippen MR) is 125 cm³/mol. The second-order valence-corrected chi connectivity index (χ2v) is 7.01. The van der Waals surface area contributed by atoms with E-state index in [-0.39, 0.29) is 49.6 Å². The van der Waals surface area contributed by atoms with Crippen molar-refractivity contribution in [3.8, 4) is 0 Å². The highest BCUT2D eigenvalue weighted by Crippen LogP contribution is 2.28. The normalized spacial score (nSPS) is 18.9. The minimum atomic E-state index is -0.590. The van der Waals surface area contributed by atoms with Crippen molar-refractivity contribution in [2.45, 2.75) is 44.6 Å². The van der Waals surface area contributed by atoms with E-state index in [0.717, 1.165) is 31.2 Å². The molecule has 1 aromatic rings. The Morgan fingerprint density at radius 1 is 1.14 bits per heavy atom. The van der Waals surface area contributed by atoms with Gasteiger partial charge in [0.25, 0.3) is 5.91 Å². The van der Waals surface area contributed by atoms with Gasteiger partial charge >= 0.3 is 0 Å². The summed E-state index contributed by atoms with van der Waals surface area (Å²) in [6.07, 6.45) is 14.1. The van der Waals surface area contributed by atoms with E-state index in [1.165, 1.54) is 56.3 Å². The van der Waals surface area contributed by atoms with Crippen molar-refractivity contribution in [2.75, 3.05) is 25.0 Å². The molecule has 1 saturated heterocycles. The summed E-state index contributed by atoms with van der Waals surface area (Å²) in [6.45, 7) is 3.42. The Kier molecular flexibility index (Phi) is 16.7. The van der Waals surface area contributed by atoms with Gasteiger partial charge in [-0.15, -0.1) is 49.6 Å². The fourth-order valence-corrected chi connectivity index (χ4v) is 3.72. The van der Waals surface area contributed by atoms with Crippen LogP contribution >= 0.6 is 49.6 Å². The largest absolute Gasteiger partial charge is 0.365 e. The Morgan fingerprint density at radius 3 is 2.48 bits per heavy atom. The third-order valence-corrected chi connectivity index (χ3v) is 5.14.